The van der Waals surface area contributed by atoms with Crippen molar-refractivity contribution in [3.05, 3.63) is 100.0 Å². The van der Waals surface area contributed by atoms with Crippen molar-refractivity contribution in [2.45, 2.75) is 12.5 Å². The summed E-state index contributed by atoms with van der Waals surface area (Å²) in [6.07, 6.45) is 1.28. The van der Waals surface area contributed by atoms with E-state index in [-0.39, 0.29) is 6.42 Å². The molecule has 180 valence electrons. The molecule has 0 aliphatic heterocycles. The van der Waals surface area contributed by atoms with Crippen molar-refractivity contribution in [1.82, 2.24) is 10.3 Å². The van der Waals surface area contributed by atoms with Gasteiger partial charge in [0.2, 0.25) is 0 Å². The molecule has 0 aliphatic rings. The van der Waals surface area contributed by atoms with Crippen LogP contribution in [0.4, 0.5) is 13.2 Å². The van der Waals surface area contributed by atoms with E-state index in [2.05, 4.69) is 10.3 Å². The lowest BCUT2D eigenvalue weighted by atomic mass is 9.94. The zero-order valence-electron chi connectivity index (χ0n) is 18.2. The fraction of sp³-hybridized carbons (Fsp3) is 0.0769. The minimum absolute atomic E-state index is 0.261. The van der Waals surface area contributed by atoms with Gasteiger partial charge in [-0.3, -0.25) is 9.78 Å². The SMILES string of the molecule is N#Cc1ccc(-c2ccc(C[C@H](NC(=O)c3c(F)ccc(F)c3F)C(=O)O)c3cccnc23)c(Cl)c1. The largest absolute Gasteiger partial charge is 0.480 e. The second-order valence-corrected chi connectivity index (χ2v) is 8.17. The molecule has 0 saturated heterocycles. The lowest BCUT2D eigenvalue weighted by Crippen LogP contribution is -2.43. The number of pyridine rings is 1. The Balaban J connectivity index is 1.71. The number of rotatable bonds is 6. The predicted molar refractivity (Wildman–Crippen MR) is 126 cm³/mol. The number of nitrogens with one attached hydrogen (secondary N) is 1. The number of aromatic nitrogens is 1. The average molecular weight is 510 g/mol. The number of benzene rings is 3. The monoisotopic (exact) mass is 509 g/mol. The van der Waals surface area contributed by atoms with Crippen LogP contribution in [-0.4, -0.2) is 28.0 Å². The van der Waals surface area contributed by atoms with E-state index in [1.165, 1.54) is 6.07 Å². The molecule has 10 heteroatoms. The zero-order chi connectivity index (χ0) is 26.0. The minimum Gasteiger partial charge on any atom is -0.480 e. The minimum atomic E-state index is -1.71. The number of aliphatic carboxylic acids is 1. The summed E-state index contributed by atoms with van der Waals surface area (Å²) >= 11 is 6.37. The van der Waals surface area contributed by atoms with Crippen molar-refractivity contribution >= 4 is 34.4 Å². The second-order valence-electron chi connectivity index (χ2n) is 7.76. The highest BCUT2D eigenvalue weighted by atomic mass is 35.5. The Bertz CT molecular complexity index is 1570. The molecule has 0 aliphatic carbocycles. The predicted octanol–water partition coefficient (Wildman–Crippen LogP) is 5.27. The molecule has 0 fully saturated rings. The summed E-state index contributed by atoms with van der Waals surface area (Å²) in [5, 5.41) is 21.7. The van der Waals surface area contributed by atoms with E-state index in [9.17, 15) is 27.9 Å². The number of carbonyl (C=O) groups excluding carboxylic acids is 1. The maximum atomic E-state index is 14.0. The molecule has 6 nitrogen and oxygen atoms in total. The fourth-order valence-electron chi connectivity index (χ4n) is 3.82. The fourth-order valence-corrected chi connectivity index (χ4v) is 4.10. The molecule has 0 unspecified atom stereocenters. The third-order valence-electron chi connectivity index (χ3n) is 5.55. The van der Waals surface area contributed by atoms with Gasteiger partial charge in [-0.15, -0.1) is 0 Å². The van der Waals surface area contributed by atoms with E-state index in [1.54, 1.807) is 42.6 Å². The van der Waals surface area contributed by atoms with Crippen LogP contribution in [0.15, 0.2) is 60.8 Å². The van der Waals surface area contributed by atoms with Gasteiger partial charge in [-0.25, -0.2) is 18.0 Å². The van der Waals surface area contributed by atoms with Crippen LogP contribution in [0.2, 0.25) is 5.02 Å². The summed E-state index contributed by atoms with van der Waals surface area (Å²) in [5.74, 6) is -7.34. The Labute approximate surface area is 207 Å². The number of fused-ring (bicyclic) bond motifs is 1. The molecule has 1 heterocycles. The molecule has 4 aromatic rings. The second kappa shape index (κ2) is 10.1. The van der Waals surface area contributed by atoms with Crippen molar-refractivity contribution in [2.24, 2.45) is 0 Å². The number of carbonyl (C=O) groups is 2. The molecule has 3 aromatic carbocycles. The van der Waals surface area contributed by atoms with Crippen LogP contribution >= 0.6 is 11.6 Å². The van der Waals surface area contributed by atoms with E-state index >= 15 is 0 Å². The van der Waals surface area contributed by atoms with Gasteiger partial charge in [-0.1, -0.05) is 35.9 Å². The van der Waals surface area contributed by atoms with Crippen molar-refractivity contribution in [3.63, 3.8) is 0 Å². The summed E-state index contributed by atoms with van der Waals surface area (Å²) in [7, 11) is 0. The van der Waals surface area contributed by atoms with E-state index in [0.717, 1.165) is 0 Å². The molecule has 0 saturated carbocycles. The summed E-state index contributed by atoms with van der Waals surface area (Å²) in [5.41, 5.74) is 1.36. The van der Waals surface area contributed by atoms with E-state index in [0.29, 0.717) is 50.3 Å². The Hall–Kier alpha value is -4.42. The summed E-state index contributed by atoms with van der Waals surface area (Å²) in [6.45, 7) is 0. The van der Waals surface area contributed by atoms with Crippen molar-refractivity contribution in [1.29, 1.82) is 5.26 Å². The lowest BCUT2D eigenvalue weighted by Gasteiger charge is -2.17. The highest BCUT2D eigenvalue weighted by Gasteiger charge is 2.27. The molecular formula is C26H15ClF3N3O3. The molecule has 0 spiro atoms. The zero-order valence-corrected chi connectivity index (χ0v) is 19.0. The van der Waals surface area contributed by atoms with Gasteiger partial charge in [0, 0.05) is 34.2 Å². The molecule has 0 bridgehead atoms. The van der Waals surface area contributed by atoms with Crippen LogP contribution in [0.5, 0.6) is 0 Å². The first-order valence-electron chi connectivity index (χ1n) is 10.4. The molecule has 0 radical (unpaired) electrons. The van der Waals surface area contributed by atoms with Crippen LogP contribution < -0.4 is 5.32 Å². The first-order valence-corrected chi connectivity index (χ1v) is 10.8. The Morgan fingerprint density at radius 1 is 1.06 bits per heavy atom. The highest BCUT2D eigenvalue weighted by Crippen LogP contribution is 2.34. The summed E-state index contributed by atoms with van der Waals surface area (Å²) < 4.78 is 41.5. The quantitative estimate of drug-likeness (QED) is 0.345. The van der Waals surface area contributed by atoms with Crippen LogP contribution in [0, 0.1) is 28.8 Å². The number of hydrogen-bond acceptors (Lipinski definition) is 4. The van der Waals surface area contributed by atoms with E-state index in [4.69, 9.17) is 16.9 Å². The third kappa shape index (κ3) is 4.72. The maximum absolute atomic E-state index is 14.0. The third-order valence-corrected chi connectivity index (χ3v) is 5.86. The molecule has 1 atom stereocenters. The van der Waals surface area contributed by atoms with Gasteiger partial charge in [-0.05, 0) is 35.9 Å². The molecule has 4 rings (SSSR count). The highest BCUT2D eigenvalue weighted by molar-refractivity contribution is 6.33. The normalized spacial score (nSPS) is 11.6. The van der Waals surface area contributed by atoms with Gasteiger partial charge in [0.05, 0.1) is 17.1 Å². The number of carboxylic acid groups (broad SMARTS) is 1. The Morgan fingerprint density at radius 2 is 1.78 bits per heavy atom. The number of nitrogens with zero attached hydrogens (tertiary/aromatic N) is 2. The number of carboxylic acids is 1. The van der Waals surface area contributed by atoms with E-state index in [1.807, 2.05) is 6.07 Å². The van der Waals surface area contributed by atoms with Crippen LogP contribution in [-0.2, 0) is 11.2 Å². The first-order chi connectivity index (χ1) is 17.2. The Kier molecular flexibility index (Phi) is 6.90. The van der Waals surface area contributed by atoms with Crippen molar-refractivity contribution < 1.29 is 27.9 Å². The van der Waals surface area contributed by atoms with Crippen molar-refractivity contribution in [2.75, 3.05) is 0 Å². The van der Waals surface area contributed by atoms with Gasteiger partial charge in [-0.2, -0.15) is 5.26 Å². The molecule has 1 amide bonds. The van der Waals surface area contributed by atoms with Crippen LogP contribution in [0.1, 0.15) is 21.5 Å². The lowest BCUT2D eigenvalue weighted by molar-refractivity contribution is -0.139. The van der Waals surface area contributed by atoms with Crippen LogP contribution in [0.25, 0.3) is 22.0 Å². The smallest absolute Gasteiger partial charge is 0.326 e. The molecular weight excluding hydrogens is 495 g/mol. The summed E-state index contributed by atoms with van der Waals surface area (Å²) in [4.78, 5) is 28.8. The average Bonchev–Trinajstić information content (AvgIpc) is 2.86. The standard InChI is InChI=1S/C26H15ClF3N3O3/c27-18-10-13(12-31)3-5-16(18)17-6-4-14(15-2-1-9-32-24(15)17)11-21(26(35)36)33-25(34)22-19(28)7-8-20(29)23(22)30/h1-10,21H,11H2,(H,33,34)(H,35,36)/t21-/m0/s1. The number of amides is 1. The molecule has 36 heavy (non-hydrogen) atoms. The molecule has 2 N–H and O–H groups in total. The van der Waals surface area contributed by atoms with Crippen molar-refractivity contribution in [3.8, 4) is 17.2 Å². The van der Waals surface area contributed by atoms with Gasteiger partial charge in [0.15, 0.2) is 11.6 Å². The summed E-state index contributed by atoms with van der Waals surface area (Å²) in [6, 6.07) is 12.9. The van der Waals surface area contributed by atoms with E-state index < -0.39 is 40.9 Å². The maximum Gasteiger partial charge on any atom is 0.326 e. The topological polar surface area (TPSA) is 103 Å². The van der Waals surface area contributed by atoms with Gasteiger partial charge < -0.3 is 10.4 Å². The number of nitriles is 1. The van der Waals surface area contributed by atoms with Gasteiger partial charge >= 0.3 is 5.97 Å². The number of hydrogen-bond donors (Lipinski definition) is 2. The Morgan fingerprint density at radius 3 is 2.47 bits per heavy atom. The van der Waals surface area contributed by atoms with Gasteiger partial charge in [0.25, 0.3) is 5.91 Å². The van der Waals surface area contributed by atoms with Gasteiger partial charge in [0.1, 0.15) is 17.4 Å². The number of halogens is 4. The molecule has 1 aromatic heterocycles. The first kappa shape index (κ1) is 24.7. The van der Waals surface area contributed by atoms with Crippen LogP contribution in [0.3, 0.4) is 0 Å².